The molecular weight excluding hydrogens is 310 g/mol. The Morgan fingerprint density at radius 2 is 2.09 bits per heavy atom. The fourth-order valence-electron chi connectivity index (χ4n) is 3.47. The monoisotopic (exact) mass is 335 g/mol. The van der Waals surface area contributed by atoms with E-state index in [1.54, 1.807) is 0 Å². The van der Waals surface area contributed by atoms with Crippen LogP contribution in [-0.2, 0) is 17.6 Å². The number of fused-ring (bicyclic) bond motifs is 1. The van der Waals surface area contributed by atoms with Gasteiger partial charge in [-0.05, 0) is 38.5 Å². The second kappa shape index (κ2) is 7.51. The molecule has 0 bridgehead atoms. The van der Waals surface area contributed by atoms with E-state index in [0.717, 1.165) is 49.8 Å². The maximum absolute atomic E-state index is 12.5. The lowest BCUT2D eigenvalue weighted by molar-refractivity contribution is -0.121. The fraction of sp³-hybridized carbons (Fsp3) is 0.706. The number of carbonyl (C=O) groups excluding carboxylic acids is 1. The minimum Gasteiger partial charge on any atom is -0.352 e. The van der Waals surface area contributed by atoms with Gasteiger partial charge in [0.25, 0.3) is 5.56 Å². The van der Waals surface area contributed by atoms with Crippen LogP contribution in [0.25, 0.3) is 0 Å². The van der Waals surface area contributed by atoms with Crippen molar-refractivity contribution < 1.29 is 4.79 Å². The molecule has 2 aliphatic rings. The summed E-state index contributed by atoms with van der Waals surface area (Å²) in [6.45, 7) is 2.00. The van der Waals surface area contributed by atoms with Crippen LogP contribution < -0.4 is 10.9 Å². The highest BCUT2D eigenvalue weighted by molar-refractivity contribution is 8.00. The van der Waals surface area contributed by atoms with Crippen LogP contribution in [0.5, 0.6) is 0 Å². The number of rotatable bonds is 5. The number of nitrogens with zero attached hydrogens (tertiary/aromatic N) is 1. The molecule has 3 rings (SSSR count). The van der Waals surface area contributed by atoms with Crippen molar-refractivity contribution in [3.8, 4) is 0 Å². The lowest BCUT2D eigenvalue weighted by Crippen LogP contribution is -2.41. The highest BCUT2D eigenvalue weighted by Crippen LogP contribution is 2.25. The van der Waals surface area contributed by atoms with Crippen molar-refractivity contribution in [1.29, 1.82) is 0 Å². The maximum Gasteiger partial charge on any atom is 0.254 e. The van der Waals surface area contributed by atoms with Crippen LogP contribution in [0, 0.1) is 0 Å². The van der Waals surface area contributed by atoms with Crippen molar-refractivity contribution in [2.75, 3.05) is 0 Å². The molecular formula is C17H25N3O2S. The number of aryl methyl sites for hydroxylation is 1. The van der Waals surface area contributed by atoms with Crippen molar-refractivity contribution in [3.05, 3.63) is 21.6 Å². The molecule has 1 aromatic rings. The minimum absolute atomic E-state index is 0.0301. The summed E-state index contributed by atoms with van der Waals surface area (Å²) in [5.41, 5.74) is 1.71. The van der Waals surface area contributed by atoms with E-state index in [2.05, 4.69) is 15.3 Å². The Kier molecular flexibility index (Phi) is 5.41. The number of nitrogens with one attached hydrogen (secondary N) is 2. The standard InChI is InChI=1S/C17H25N3O2S/c1-2-14(16(22)18-11-7-4-3-5-8-11)23-17-19-13-10-6-9-12(13)15(21)20-17/h11,14H,2-10H2,1H3,(H,18,22)(H,19,20,21)/t14-/m0/s1. The summed E-state index contributed by atoms with van der Waals surface area (Å²) in [5, 5.41) is 3.57. The molecule has 0 radical (unpaired) electrons. The summed E-state index contributed by atoms with van der Waals surface area (Å²) in [7, 11) is 0. The number of H-pyrrole nitrogens is 1. The van der Waals surface area contributed by atoms with Gasteiger partial charge in [-0.2, -0.15) is 0 Å². The lowest BCUT2D eigenvalue weighted by atomic mass is 9.95. The van der Waals surface area contributed by atoms with E-state index in [1.807, 2.05) is 6.92 Å². The van der Waals surface area contributed by atoms with Gasteiger partial charge in [0.05, 0.1) is 10.9 Å². The van der Waals surface area contributed by atoms with Crippen LogP contribution in [0.2, 0.25) is 0 Å². The summed E-state index contributed by atoms with van der Waals surface area (Å²) < 4.78 is 0. The van der Waals surface area contributed by atoms with Gasteiger partial charge in [-0.3, -0.25) is 9.59 Å². The highest BCUT2D eigenvalue weighted by atomic mass is 32.2. The molecule has 1 atom stereocenters. The molecule has 2 N–H and O–H groups in total. The molecule has 0 spiro atoms. The highest BCUT2D eigenvalue weighted by Gasteiger charge is 2.24. The molecule has 126 valence electrons. The third kappa shape index (κ3) is 3.97. The quantitative estimate of drug-likeness (QED) is 0.641. The fourth-order valence-corrected chi connectivity index (χ4v) is 4.40. The Hall–Kier alpha value is -1.30. The number of carbonyl (C=O) groups is 1. The van der Waals surface area contributed by atoms with E-state index >= 15 is 0 Å². The zero-order valence-electron chi connectivity index (χ0n) is 13.7. The first kappa shape index (κ1) is 16.6. The van der Waals surface area contributed by atoms with E-state index in [4.69, 9.17) is 0 Å². The van der Waals surface area contributed by atoms with E-state index in [1.165, 1.54) is 31.0 Å². The minimum atomic E-state index is -0.195. The van der Waals surface area contributed by atoms with Gasteiger partial charge in [0.15, 0.2) is 5.16 Å². The van der Waals surface area contributed by atoms with Crippen LogP contribution in [0.1, 0.15) is 63.1 Å². The molecule has 0 aromatic carbocycles. The van der Waals surface area contributed by atoms with Gasteiger partial charge in [-0.15, -0.1) is 0 Å². The SMILES string of the molecule is CC[C@H](Sc1nc2c(c(=O)[nH]1)CCC2)C(=O)NC1CCCCC1. The molecule has 23 heavy (non-hydrogen) atoms. The smallest absolute Gasteiger partial charge is 0.254 e. The summed E-state index contributed by atoms with van der Waals surface area (Å²) >= 11 is 1.39. The van der Waals surface area contributed by atoms with E-state index in [-0.39, 0.29) is 16.7 Å². The van der Waals surface area contributed by atoms with Gasteiger partial charge in [0, 0.05) is 11.6 Å². The van der Waals surface area contributed by atoms with Gasteiger partial charge in [-0.25, -0.2) is 4.98 Å². The van der Waals surface area contributed by atoms with E-state index in [0.29, 0.717) is 11.2 Å². The molecule has 1 heterocycles. The number of aromatic amines is 1. The molecule has 1 saturated carbocycles. The molecule has 2 aliphatic carbocycles. The van der Waals surface area contributed by atoms with E-state index in [9.17, 15) is 9.59 Å². The van der Waals surface area contributed by atoms with E-state index < -0.39 is 0 Å². The normalized spacial score (nSPS) is 19.3. The molecule has 5 nitrogen and oxygen atoms in total. The van der Waals surface area contributed by atoms with Crippen molar-refractivity contribution >= 4 is 17.7 Å². The Bertz CT molecular complexity index is 623. The van der Waals surface area contributed by atoms with Crippen LogP contribution in [0.15, 0.2) is 9.95 Å². The average Bonchev–Trinajstić information content (AvgIpc) is 3.02. The summed E-state index contributed by atoms with van der Waals surface area (Å²) in [5.74, 6) is 0.0764. The molecule has 1 fully saturated rings. The molecule has 6 heteroatoms. The number of hydrogen-bond donors (Lipinski definition) is 2. The van der Waals surface area contributed by atoms with Crippen LogP contribution in [0.3, 0.4) is 0 Å². The van der Waals surface area contributed by atoms with Gasteiger partial charge >= 0.3 is 0 Å². The molecule has 0 unspecified atom stereocenters. The first-order valence-corrected chi connectivity index (χ1v) is 9.64. The summed E-state index contributed by atoms with van der Waals surface area (Å²) in [6.07, 6.45) is 9.27. The molecule has 1 aromatic heterocycles. The van der Waals surface area contributed by atoms with Gasteiger partial charge in [0.2, 0.25) is 5.91 Å². The van der Waals surface area contributed by atoms with Crippen molar-refractivity contribution in [2.24, 2.45) is 0 Å². The largest absolute Gasteiger partial charge is 0.352 e. The Morgan fingerprint density at radius 3 is 2.83 bits per heavy atom. The molecule has 0 aliphatic heterocycles. The second-order valence-corrected chi connectivity index (χ2v) is 7.70. The van der Waals surface area contributed by atoms with Crippen LogP contribution in [-0.4, -0.2) is 27.2 Å². The summed E-state index contributed by atoms with van der Waals surface area (Å²) in [4.78, 5) is 32.0. The van der Waals surface area contributed by atoms with Crippen LogP contribution >= 0.6 is 11.8 Å². The van der Waals surface area contributed by atoms with Gasteiger partial charge in [0.1, 0.15) is 0 Å². The predicted octanol–water partition coefficient (Wildman–Crippen LogP) is 2.58. The third-order valence-corrected chi connectivity index (χ3v) is 6.04. The number of thioether (sulfide) groups is 1. The topological polar surface area (TPSA) is 74.8 Å². The Labute approximate surface area is 141 Å². The zero-order valence-corrected chi connectivity index (χ0v) is 14.5. The predicted molar refractivity (Wildman–Crippen MR) is 91.8 cm³/mol. The number of aromatic nitrogens is 2. The summed E-state index contributed by atoms with van der Waals surface area (Å²) in [6, 6.07) is 0.318. The molecule has 1 amide bonds. The van der Waals surface area contributed by atoms with Crippen molar-refractivity contribution in [3.63, 3.8) is 0 Å². The second-order valence-electron chi connectivity index (χ2n) is 6.51. The van der Waals surface area contributed by atoms with Crippen molar-refractivity contribution in [1.82, 2.24) is 15.3 Å². The van der Waals surface area contributed by atoms with Gasteiger partial charge in [-0.1, -0.05) is 37.9 Å². The van der Waals surface area contributed by atoms with Gasteiger partial charge < -0.3 is 10.3 Å². The van der Waals surface area contributed by atoms with Crippen molar-refractivity contribution in [2.45, 2.75) is 81.2 Å². The maximum atomic E-state index is 12.5. The number of hydrogen-bond acceptors (Lipinski definition) is 4. The Morgan fingerprint density at radius 1 is 1.30 bits per heavy atom. The first-order chi connectivity index (χ1) is 11.2. The van der Waals surface area contributed by atoms with Crippen LogP contribution in [0.4, 0.5) is 0 Å². The zero-order chi connectivity index (χ0) is 16.2. The lowest BCUT2D eigenvalue weighted by Gasteiger charge is -2.24. The number of amides is 1. The average molecular weight is 335 g/mol. The molecule has 0 saturated heterocycles. The third-order valence-electron chi connectivity index (χ3n) is 4.79. The Balaban J connectivity index is 1.65. The first-order valence-electron chi connectivity index (χ1n) is 8.76.